The van der Waals surface area contributed by atoms with E-state index in [2.05, 4.69) is 20.3 Å². The van der Waals surface area contributed by atoms with E-state index in [1.807, 2.05) is 0 Å². The van der Waals surface area contributed by atoms with Gasteiger partial charge in [0.25, 0.3) is 0 Å². The summed E-state index contributed by atoms with van der Waals surface area (Å²) in [5, 5.41) is 32.7. The Morgan fingerprint density at radius 3 is 2.74 bits per heavy atom. The van der Waals surface area contributed by atoms with Gasteiger partial charge in [0.05, 0.1) is 12.9 Å². The van der Waals surface area contributed by atoms with Gasteiger partial charge in [-0.1, -0.05) is 25.1 Å². The van der Waals surface area contributed by atoms with Crippen molar-refractivity contribution >= 4 is 29.3 Å². The predicted octanol–water partition coefficient (Wildman–Crippen LogP) is 0.0314. The van der Waals surface area contributed by atoms with Crippen molar-refractivity contribution in [2.75, 3.05) is 25.0 Å². The number of imidazole rings is 1. The monoisotopic (exact) mass is 398 g/mol. The minimum absolute atomic E-state index is 0.319. The van der Waals surface area contributed by atoms with Crippen LogP contribution in [-0.2, 0) is 4.74 Å². The molecule has 10 nitrogen and oxygen atoms in total. The molecule has 0 aromatic carbocycles. The molecule has 7 N–H and O–H groups in total. The van der Waals surface area contributed by atoms with Crippen LogP contribution in [0.25, 0.3) is 11.2 Å². The molecule has 1 fully saturated rings. The standard InChI is InChI=1S/C16H26N6O4S/c17-5-3-1-2-4-6-18-16-20-13-10(14(27)21-16)19-8-22(13)15-12(25)11(24)9(7-23)26-15/h8-9,11-12,15,23-25H,1-7,17H2,(H2,18,20,21,27)/t9-,11-,12-,15-/m1/s1. The van der Waals surface area contributed by atoms with E-state index in [1.54, 1.807) is 4.57 Å². The first-order valence-electron chi connectivity index (χ1n) is 9.10. The SMILES string of the molecule is NCCCCCCNc1nc(=S)c2ncn([C@@H]3O[C@H](CO)[C@@H](O)[C@H]3O)c2[nH]1. The number of unbranched alkanes of at least 4 members (excludes halogenated alkanes) is 3. The molecule has 11 heteroatoms. The first-order chi connectivity index (χ1) is 13.1. The maximum Gasteiger partial charge on any atom is 0.203 e. The van der Waals surface area contributed by atoms with Crippen molar-refractivity contribution in [3.05, 3.63) is 11.0 Å². The number of H-pyrrole nitrogens is 1. The number of hydrogen-bond donors (Lipinski definition) is 6. The fourth-order valence-corrected chi connectivity index (χ4v) is 3.39. The van der Waals surface area contributed by atoms with Gasteiger partial charge in [-0.2, -0.15) is 0 Å². The van der Waals surface area contributed by atoms with E-state index in [-0.39, 0.29) is 0 Å². The van der Waals surface area contributed by atoms with Crippen LogP contribution in [0.2, 0.25) is 0 Å². The van der Waals surface area contributed by atoms with Gasteiger partial charge >= 0.3 is 0 Å². The molecular formula is C16H26N6O4S. The number of aliphatic hydroxyl groups excluding tert-OH is 3. The molecular weight excluding hydrogens is 372 g/mol. The normalized spacial score (nSPS) is 25.3. The maximum atomic E-state index is 10.3. The molecule has 150 valence electrons. The first kappa shape index (κ1) is 20.1. The van der Waals surface area contributed by atoms with Gasteiger partial charge in [-0.25, -0.2) is 9.97 Å². The van der Waals surface area contributed by atoms with Crippen LogP contribution >= 0.6 is 12.2 Å². The third-order valence-electron chi connectivity index (χ3n) is 4.66. The van der Waals surface area contributed by atoms with Crippen molar-refractivity contribution in [3.8, 4) is 0 Å². The predicted molar refractivity (Wildman–Crippen MR) is 102 cm³/mol. The molecule has 2 aromatic heterocycles. The molecule has 2 aromatic rings. The topological polar surface area (TPSA) is 154 Å². The van der Waals surface area contributed by atoms with Gasteiger partial charge in [0.15, 0.2) is 10.9 Å². The minimum Gasteiger partial charge on any atom is -0.394 e. The maximum absolute atomic E-state index is 10.3. The fourth-order valence-electron chi connectivity index (χ4n) is 3.15. The van der Waals surface area contributed by atoms with Crippen LogP contribution < -0.4 is 11.1 Å². The van der Waals surface area contributed by atoms with E-state index in [1.165, 1.54) is 6.33 Å². The molecule has 0 radical (unpaired) electrons. The number of nitrogens with one attached hydrogen (secondary N) is 2. The number of aromatic amines is 1. The number of aliphatic hydroxyl groups is 3. The highest BCUT2D eigenvalue weighted by molar-refractivity contribution is 7.71. The van der Waals surface area contributed by atoms with E-state index < -0.39 is 31.1 Å². The Morgan fingerprint density at radius 2 is 2.04 bits per heavy atom. The lowest BCUT2D eigenvalue weighted by molar-refractivity contribution is -0.0511. The molecule has 1 aliphatic heterocycles. The summed E-state index contributed by atoms with van der Waals surface area (Å²) in [5.74, 6) is 0.500. The summed E-state index contributed by atoms with van der Waals surface area (Å²) in [7, 11) is 0. The van der Waals surface area contributed by atoms with Crippen molar-refractivity contribution < 1.29 is 20.1 Å². The second kappa shape index (κ2) is 9.04. The van der Waals surface area contributed by atoms with E-state index in [0.29, 0.717) is 28.3 Å². The van der Waals surface area contributed by atoms with Gasteiger partial charge < -0.3 is 36.1 Å². The summed E-state index contributed by atoms with van der Waals surface area (Å²) >= 11 is 5.31. The summed E-state index contributed by atoms with van der Waals surface area (Å²) in [5.41, 5.74) is 6.48. The zero-order chi connectivity index (χ0) is 19.4. The number of nitrogens with two attached hydrogens (primary N) is 1. The van der Waals surface area contributed by atoms with Gasteiger partial charge in [-0.15, -0.1) is 0 Å². The second-order valence-electron chi connectivity index (χ2n) is 6.60. The number of hydrogen-bond acceptors (Lipinski definition) is 9. The van der Waals surface area contributed by atoms with E-state index in [4.69, 9.17) is 22.7 Å². The molecule has 27 heavy (non-hydrogen) atoms. The Kier molecular flexibility index (Phi) is 6.73. The Labute approximate surface area is 161 Å². The summed E-state index contributed by atoms with van der Waals surface area (Å²) < 4.78 is 7.45. The zero-order valence-electron chi connectivity index (χ0n) is 14.9. The molecule has 0 bridgehead atoms. The number of ether oxygens (including phenoxy) is 1. The number of rotatable bonds is 9. The molecule has 3 rings (SSSR count). The van der Waals surface area contributed by atoms with Crippen molar-refractivity contribution in [2.45, 2.75) is 50.2 Å². The Balaban J connectivity index is 1.76. The van der Waals surface area contributed by atoms with Crippen LogP contribution in [0.4, 0.5) is 5.95 Å². The molecule has 0 unspecified atom stereocenters. The van der Waals surface area contributed by atoms with Crippen LogP contribution in [0.3, 0.4) is 0 Å². The van der Waals surface area contributed by atoms with Gasteiger partial charge in [0, 0.05) is 6.54 Å². The van der Waals surface area contributed by atoms with Gasteiger partial charge in [-0.3, -0.25) is 4.57 Å². The highest BCUT2D eigenvalue weighted by atomic mass is 32.1. The van der Waals surface area contributed by atoms with Crippen molar-refractivity contribution in [1.82, 2.24) is 19.5 Å². The highest BCUT2D eigenvalue weighted by Crippen LogP contribution is 2.31. The summed E-state index contributed by atoms with van der Waals surface area (Å²) in [6.45, 7) is 1.05. The van der Waals surface area contributed by atoms with E-state index in [9.17, 15) is 15.3 Å². The smallest absolute Gasteiger partial charge is 0.203 e. The molecule has 4 atom stereocenters. The number of anilines is 1. The van der Waals surface area contributed by atoms with Crippen LogP contribution in [0.5, 0.6) is 0 Å². The van der Waals surface area contributed by atoms with Gasteiger partial charge in [0.2, 0.25) is 5.95 Å². The molecule has 0 spiro atoms. The minimum atomic E-state index is -1.20. The first-order valence-corrected chi connectivity index (χ1v) is 9.51. The quantitative estimate of drug-likeness (QED) is 0.253. The lowest BCUT2D eigenvalue weighted by Gasteiger charge is -2.17. The third-order valence-corrected chi connectivity index (χ3v) is 4.95. The largest absolute Gasteiger partial charge is 0.394 e. The average molecular weight is 398 g/mol. The fraction of sp³-hybridized carbons (Fsp3) is 0.688. The lowest BCUT2D eigenvalue weighted by Crippen LogP contribution is -2.33. The van der Waals surface area contributed by atoms with Crippen LogP contribution in [0.1, 0.15) is 31.9 Å². The number of nitrogens with zero attached hydrogens (tertiary/aromatic N) is 3. The molecule has 3 heterocycles. The Morgan fingerprint density at radius 1 is 1.26 bits per heavy atom. The Hall–Kier alpha value is -1.63. The molecule has 1 saturated heterocycles. The molecule has 0 aliphatic carbocycles. The highest BCUT2D eigenvalue weighted by Gasteiger charge is 2.43. The van der Waals surface area contributed by atoms with Crippen molar-refractivity contribution in [1.29, 1.82) is 0 Å². The average Bonchev–Trinajstić information content (AvgIpc) is 3.20. The molecule has 0 amide bonds. The zero-order valence-corrected chi connectivity index (χ0v) is 15.7. The summed E-state index contributed by atoms with van der Waals surface area (Å²) in [4.78, 5) is 11.7. The van der Waals surface area contributed by atoms with Crippen LogP contribution in [-0.4, -0.2) is 72.8 Å². The van der Waals surface area contributed by atoms with Crippen LogP contribution in [0, 0.1) is 4.64 Å². The second-order valence-corrected chi connectivity index (χ2v) is 6.98. The van der Waals surface area contributed by atoms with Crippen molar-refractivity contribution in [2.24, 2.45) is 5.73 Å². The summed E-state index contributed by atoms with van der Waals surface area (Å²) in [6.07, 6.45) is 1.51. The third kappa shape index (κ3) is 4.28. The van der Waals surface area contributed by atoms with Crippen molar-refractivity contribution in [3.63, 3.8) is 0 Å². The van der Waals surface area contributed by atoms with Gasteiger partial charge in [-0.05, 0) is 19.4 Å². The molecule has 1 aliphatic rings. The molecule has 0 saturated carbocycles. The van der Waals surface area contributed by atoms with E-state index in [0.717, 1.165) is 32.2 Å². The summed E-state index contributed by atoms with van der Waals surface area (Å²) in [6, 6.07) is 0. The Bertz CT molecular complexity index is 812. The number of aromatic nitrogens is 4. The van der Waals surface area contributed by atoms with Gasteiger partial charge in [0.1, 0.15) is 29.5 Å². The number of fused-ring (bicyclic) bond motifs is 1. The lowest BCUT2D eigenvalue weighted by atomic mass is 10.1. The van der Waals surface area contributed by atoms with Crippen LogP contribution in [0.15, 0.2) is 6.33 Å². The van der Waals surface area contributed by atoms with E-state index >= 15 is 0 Å².